The van der Waals surface area contributed by atoms with Crippen LogP contribution in [0.4, 0.5) is 0 Å². The quantitative estimate of drug-likeness (QED) is 0.230. The van der Waals surface area contributed by atoms with Crippen molar-refractivity contribution in [2.45, 2.75) is 19.0 Å². The Bertz CT molecular complexity index is 1140. The zero-order chi connectivity index (χ0) is 22.0. The van der Waals surface area contributed by atoms with Gasteiger partial charge in [0, 0.05) is 28.0 Å². The lowest BCUT2D eigenvalue weighted by Gasteiger charge is -2.25. The van der Waals surface area contributed by atoms with Crippen LogP contribution in [0.3, 0.4) is 0 Å². The molecule has 158 valence electrons. The average Bonchev–Trinajstić information content (AvgIpc) is 3.36. The van der Waals surface area contributed by atoms with E-state index in [1.54, 1.807) is 48.5 Å². The van der Waals surface area contributed by atoms with Gasteiger partial charge in [0.05, 0.1) is 18.2 Å². The average molecular weight is 502 g/mol. The van der Waals surface area contributed by atoms with Crippen molar-refractivity contribution in [1.82, 2.24) is 9.88 Å². The van der Waals surface area contributed by atoms with Crippen molar-refractivity contribution in [3.63, 3.8) is 0 Å². The van der Waals surface area contributed by atoms with Crippen molar-refractivity contribution in [2.24, 2.45) is 0 Å². The Kier molecular flexibility index (Phi) is 6.25. The molecular formula is C23H20BrClN3O3+. The van der Waals surface area contributed by atoms with Crippen molar-refractivity contribution in [2.75, 3.05) is 6.54 Å². The zero-order valence-electron chi connectivity index (χ0n) is 16.5. The maximum absolute atomic E-state index is 13.0. The molecular weight excluding hydrogens is 482 g/mol. The van der Waals surface area contributed by atoms with Crippen molar-refractivity contribution in [3.8, 4) is 0 Å². The number of nitrogens with zero attached hydrogens (tertiary/aromatic N) is 2. The third-order valence-corrected chi connectivity index (χ3v) is 6.15. The highest BCUT2D eigenvalue weighted by atomic mass is 79.9. The van der Waals surface area contributed by atoms with E-state index in [0.717, 1.165) is 4.47 Å². The van der Waals surface area contributed by atoms with E-state index in [9.17, 15) is 14.7 Å². The first-order valence-electron chi connectivity index (χ1n) is 9.78. The van der Waals surface area contributed by atoms with Gasteiger partial charge in [-0.1, -0.05) is 57.9 Å². The van der Waals surface area contributed by atoms with E-state index < -0.39 is 17.7 Å². The maximum atomic E-state index is 13.0. The number of aryl methyl sites for hydroxylation is 1. The number of imidazole rings is 1. The fourth-order valence-corrected chi connectivity index (χ4v) is 4.28. The number of amides is 1. The van der Waals surface area contributed by atoms with Crippen LogP contribution in [-0.2, 0) is 16.1 Å². The summed E-state index contributed by atoms with van der Waals surface area (Å²) >= 11 is 9.81. The smallest absolute Gasteiger partial charge is 0.295 e. The minimum absolute atomic E-state index is 0.0507. The zero-order valence-corrected chi connectivity index (χ0v) is 18.8. The van der Waals surface area contributed by atoms with E-state index in [2.05, 4.69) is 20.9 Å². The normalized spacial score (nSPS) is 18.0. The Morgan fingerprint density at radius 3 is 2.58 bits per heavy atom. The number of hydrogen-bond acceptors (Lipinski definition) is 3. The fourth-order valence-electron chi connectivity index (χ4n) is 3.78. The molecule has 2 N–H and O–H groups in total. The Balaban J connectivity index is 1.75. The molecule has 4 rings (SSSR count). The van der Waals surface area contributed by atoms with Crippen molar-refractivity contribution in [3.05, 3.63) is 93.4 Å². The molecule has 0 spiro atoms. The van der Waals surface area contributed by atoms with Crippen LogP contribution in [0, 0.1) is 0 Å². The monoisotopic (exact) mass is 500 g/mol. The first kappa shape index (κ1) is 21.3. The summed E-state index contributed by atoms with van der Waals surface area (Å²) in [6, 6.07) is 13.2. The van der Waals surface area contributed by atoms with Gasteiger partial charge in [-0.2, -0.15) is 0 Å². The molecule has 31 heavy (non-hydrogen) atoms. The second kappa shape index (κ2) is 9.08. The van der Waals surface area contributed by atoms with E-state index in [1.165, 1.54) is 4.90 Å². The van der Waals surface area contributed by atoms with Crippen LogP contribution >= 0.6 is 27.5 Å². The second-order valence-electron chi connectivity index (χ2n) is 7.22. The standard InChI is InChI=1S/C23H19BrClN3O3/c24-16-8-6-15(7-9-16)21(29)19-20(17-4-1-2-5-18(17)25)28(23(31)22(19)30)12-3-11-27-13-10-26-14-27/h1-2,4-10,13-14,20H,3,11-12H2,(H,29,30)/p+1. The van der Waals surface area contributed by atoms with Crippen LogP contribution in [0.25, 0.3) is 5.76 Å². The highest BCUT2D eigenvalue weighted by molar-refractivity contribution is 9.10. The predicted molar refractivity (Wildman–Crippen MR) is 120 cm³/mol. The number of hydrogen-bond donors (Lipinski definition) is 2. The Labute approximate surface area is 192 Å². The SMILES string of the molecule is O=C1C(=O)N(CCC[n+]2cc[nH]c2)C(c2ccccc2Cl)/C1=C(\O)c1ccc(Br)cc1. The van der Waals surface area contributed by atoms with E-state index in [1.807, 2.05) is 23.3 Å². The number of aromatic amines is 1. The van der Waals surface area contributed by atoms with E-state index in [4.69, 9.17) is 11.6 Å². The van der Waals surface area contributed by atoms with Gasteiger partial charge < -0.3 is 10.0 Å². The lowest BCUT2D eigenvalue weighted by molar-refractivity contribution is -0.695. The molecule has 0 aliphatic carbocycles. The molecule has 8 heteroatoms. The highest BCUT2D eigenvalue weighted by Gasteiger charge is 2.46. The first-order chi connectivity index (χ1) is 15.0. The Morgan fingerprint density at radius 2 is 1.90 bits per heavy atom. The molecule has 1 atom stereocenters. The molecule has 1 aliphatic rings. The summed E-state index contributed by atoms with van der Waals surface area (Å²) in [5.74, 6) is -1.56. The molecule has 0 saturated carbocycles. The molecule has 3 aromatic rings. The van der Waals surface area contributed by atoms with Crippen LogP contribution in [-0.4, -0.2) is 33.2 Å². The Morgan fingerprint density at radius 1 is 1.16 bits per heavy atom. The van der Waals surface area contributed by atoms with Gasteiger partial charge in [-0.15, -0.1) is 0 Å². The van der Waals surface area contributed by atoms with Crippen LogP contribution in [0.15, 0.2) is 77.3 Å². The molecule has 6 nitrogen and oxygen atoms in total. The van der Waals surface area contributed by atoms with Gasteiger partial charge in [0.1, 0.15) is 18.2 Å². The number of ketones is 1. The number of carbonyl (C=O) groups is 2. The van der Waals surface area contributed by atoms with Gasteiger partial charge in [0.25, 0.3) is 11.7 Å². The number of Topliss-reactive ketones (excluding diaryl/α,β-unsaturated/α-hetero) is 1. The van der Waals surface area contributed by atoms with Crippen molar-refractivity contribution in [1.29, 1.82) is 0 Å². The van der Waals surface area contributed by atoms with Gasteiger partial charge in [-0.25, -0.2) is 4.57 Å². The van der Waals surface area contributed by atoms with E-state index in [-0.39, 0.29) is 11.3 Å². The van der Waals surface area contributed by atoms with Gasteiger partial charge in [-0.05, 0) is 23.8 Å². The van der Waals surface area contributed by atoms with Crippen molar-refractivity contribution < 1.29 is 19.3 Å². The predicted octanol–water partition coefficient (Wildman–Crippen LogP) is 4.23. The van der Waals surface area contributed by atoms with Gasteiger partial charge in [-0.3, -0.25) is 14.6 Å². The van der Waals surface area contributed by atoms with Gasteiger partial charge in [0.15, 0.2) is 0 Å². The molecule has 1 amide bonds. The Hall–Kier alpha value is -2.90. The third-order valence-electron chi connectivity index (χ3n) is 5.28. The van der Waals surface area contributed by atoms with E-state index >= 15 is 0 Å². The number of H-pyrrole nitrogens is 1. The summed E-state index contributed by atoms with van der Waals surface area (Å²) in [5, 5.41) is 11.5. The summed E-state index contributed by atoms with van der Waals surface area (Å²) in [6.07, 6.45) is 6.17. The molecule has 0 radical (unpaired) electrons. The van der Waals surface area contributed by atoms with Gasteiger partial charge in [0.2, 0.25) is 6.33 Å². The summed E-state index contributed by atoms with van der Waals surface area (Å²) in [6.45, 7) is 1.02. The number of likely N-dealkylation sites (tertiary alicyclic amines) is 1. The first-order valence-corrected chi connectivity index (χ1v) is 10.9. The number of aliphatic hydroxyl groups excluding tert-OH is 1. The number of aromatic nitrogens is 2. The number of aliphatic hydroxyl groups is 1. The minimum Gasteiger partial charge on any atom is -0.507 e. The molecule has 1 unspecified atom stereocenters. The number of nitrogens with one attached hydrogen (secondary N) is 1. The lowest BCUT2D eigenvalue weighted by atomic mass is 9.95. The summed E-state index contributed by atoms with van der Waals surface area (Å²) in [5.41, 5.74) is 1.12. The second-order valence-corrected chi connectivity index (χ2v) is 8.55. The third kappa shape index (κ3) is 4.29. The summed E-state index contributed by atoms with van der Waals surface area (Å²) in [4.78, 5) is 30.5. The number of halogens is 2. The minimum atomic E-state index is -0.756. The molecule has 0 bridgehead atoms. The number of rotatable bonds is 6. The number of benzene rings is 2. The highest BCUT2D eigenvalue weighted by Crippen LogP contribution is 2.41. The van der Waals surface area contributed by atoms with E-state index in [0.29, 0.717) is 35.7 Å². The van der Waals surface area contributed by atoms with Crippen LogP contribution in [0.2, 0.25) is 5.02 Å². The van der Waals surface area contributed by atoms with Crippen LogP contribution in [0.5, 0.6) is 0 Å². The van der Waals surface area contributed by atoms with Gasteiger partial charge >= 0.3 is 0 Å². The molecule has 1 saturated heterocycles. The lowest BCUT2D eigenvalue weighted by Crippen LogP contribution is -2.36. The van der Waals surface area contributed by atoms with Crippen LogP contribution in [0.1, 0.15) is 23.6 Å². The molecule has 1 aliphatic heterocycles. The molecule has 1 aromatic heterocycles. The number of carbonyl (C=O) groups excluding carboxylic acids is 2. The molecule has 1 fully saturated rings. The largest absolute Gasteiger partial charge is 0.507 e. The molecule has 2 heterocycles. The maximum Gasteiger partial charge on any atom is 0.295 e. The van der Waals surface area contributed by atoms with Crippen LogP contribution < -0.4 is 4.57 Å². The summed E-state index contributed by atoms with van der Waals surface area (Å²) < 4.78 is 2.80. The topological polar surface area (TPSA) is 77.3 Å². The van der Waals surface area contributed by atoms with Crippen molar-refractivity contribution >= 4 is 45.0 Å². The fraction of sp³-hybridized carbons (Fsp3) is 0.174. The summed E-state index contributed by atoms with van der Waals surface area (Å²) in [7, 11) is 0. The molecule has 2 aromatic carbocycles.